The standard InChI is InChI=1S/C9H14N2O/c10-6-3-7(11)5-9(4-6)12-8-1-2-8/h3-4,7-8H,1-2,5,10-11H2. The zero-order valence-electron chi connectivity index (χ0n) is 6.99. The van der Waals surface area contributed by atoms with Crippen molar-refractivity contribution in [2.45, 2.75) is 31.4 Å². The molecule has 2 aliphatic carbocycles. The molecule has 3 heteroatoms. The molecule has 0 aromatic carbocycles. The van der Waals surface area contributed by atoms with Crippen LogP contribution in [0.2, 0.25) is 0 Å². The van der Waals surface area contributed by atoms with Crippen LogP contribution >= 0.6 is 0 Å². The van der Waals surface area contributed by atoms with Crippen molar-refractivity contribution in [1.82, 2.24) is 0 Å². The fourth-order valence-electron chi connectivity index (χ4n) is 1.31. The number of allylic oxidation sites excluding steroid dienone is 1. The van der Waals surface area contributed by atoms with Crippen LogP contribution in [0.1, 0.15) is 19.3 Å². The zero-order valence-corrected chi connectivity index (χ0v) is 6.99. The lowest BCUT2D eigenvalue weighted by Gasteiger charge is -2.17. The second kappa shape index (κ2) is 2.83. The van der Waals surface area contributed by atoms with Gasteiger partial charge in [-0.05, 0) is 25.0 Å². The van der Waals surface area contributed by atoms with Crippen LogP contribution in [0, 0.1) is 0 Å². The van der Waals surface area contributed by atoms with E-state index in [1.165, 1.54) is 12.8 Å². The smallest absolute Gasteiger partial charge is 0.100 e. The summed E-state index contributed by atoms with van der Waals surface area (Å²) in [6.07, 6.45) is 7.32. The molecule has 0 saturated heterocycles. The van der Waals surface area contributed by atoms with Gasteiger partial charge in [-0.15, -0.1) is 0 Å². The molecule has 1 atom stereocenters. The van der Waals surface area contributed by atoms with E-state index in [1.807, 2.05) is 12.2 Å². The van der Waals surface area contributed by atoms with E-state index in [1.54, 1.807) is 0 Å². The minimum Gasteiger partial charge on any atom is -0.495 e. The number of rotatable bonds is 2. The van der Waals surface area contributed by atoms with Gasteiger partial charge in [0.15, 0.2) is 0 Å². The predicted molar refractivity (Wildman–Crippen MR) is 47.1 cm³/mol. The van der Waals surface area contributed by atoms with Gasteiger partial charge >= 0.3 is 0 Å². The third-order valence-corrected chi connectivity index (χ3v) is 2.01. The maximum Gasteiger partial charge on any atom is 0.100 e. The first kappa shape index (κ1) is 7.68. The Labute approximate surface area is 72.1 Å². The van der Waals surface area contributed by atoms with Gasteiger partial charge in [0, 0.05) is 18.2 Å². The van der Waals surface area contributed by atoms with Crippen LogP contribution in [0.25, 0.3) is 0 Å². The average molecular weight is 166 g/mol. The molecule has 0 radical (unpaired) electrons. The Hall–Kier alpha value is -0.960. The summed E-state index contributed by atoms with van der Waals surface area (Å²) >= 11 is 0. The first-order valence-electron chi connectivity index (χ1n) is 4.34. The summed E-state index contributed by atoms with van der Waals surface area (Å²) in [5.74, 6) is 0.949. The Morgan fingerprint density at radius 3 is 2.75 bits per heavy atom. The highest BCUT2D eigenvalue weighted by atomic mass is 16.5. The maximum absolute atomic E-state index is 5.73. The lowest BCUT2D eigenvalue weighted by Crippen LogP contribution is -2.23. The van der Waals surface area contributed by atoms with Gasteiger partial charge in [0.1, 0.15) is 5.76 Å². The minimum atomic E-state index is 0.0312. The lowest BCUT2D eigenvalue weighted by molar-refractivity contribution is 0.184. The van der Waals surface area contributed by atoms with E-state index >= 15 is 0 Å². The van der Waals surface area contributed by atoms with E-state index in [0.29, 0.717) is 6.10 Å². The molecule has 1 fully saturated rings. The van der Waals surface area contributed by atoms with Crippen LogP contribution < -0.4 is 11.5 Å². The largest absolute Gasteiger partial charge is 0.495 e. The Kier molecular flexibility index (Phi) is 1.81. The summed E-state index contributed by atoms with van der Waals surface area (Å²) < 4.78 is 5.60. The van der Waals surface area contributed by atoms with Crippen LogP contribution in [-0.2, 0) is 4.74 Å². The van der Waals surface area contributed by atoms with Crippen LogP contribution in [0.15, 0.2) is 23.6 Å². The summed E-state index contributed by atoms with van der Waals surface area (Å²) in [4.78, 5) is 0. The maximum atomic E-state index is 5.73. The zero-order chi connectivity index (χ0) is 8.55. The molecular formula is C9H14N2O. The summed E-state index contributed by atoms with van der Waals surface area (Å²) in [6, 6.07) is 0.0312. The molecule has 0 bridgehead atoms. The molecule has 2 aliphatic rings. The molecule has 4 N–H and O–H groups in total. The molecule has 0 aliphatic heterocycles. The average Bonchev–Trinajstić information content (AvgIpc) is 2.68. The fraction of sp³-hybridized carbons (Fsp3) is 0.556. The summed E-state index contributed by atoms with van der Waals surface area (Å²) in [5.41, 5.74) is 12.1. The lowest BCUT2D eigenvalue weighted by atomic mass is 10.1. The quantitative estimate of drug-likeness (QED) is 0.632. The highest BCUT2D eigenvalue weighted by molar-refractivity contribution is 5.25. The van der Waals surface area contributed by atoms with Crippen molar-refractivity contribution in [3.05, 3.63) is 23.6 Å². The van der Waals surface area contributed by atoms with E-state index < -0.39 is 0 Å². The Balaban J connectivity index is 1.99. The van der Waals surface area contributed by atoms with Crippen molar-refractivity contribution in [1.29, 1.82) is 0 Å². The second-order valence-corrected chi connectivity index (χ2v) is 3.46. The molecule has 0 amide bonds. The molecule has 3 nitrogen and oxygen atoms in total. The van der Waals surface area contributed by atoms with E-state index in [9.17, 15) is 0 Å². The highest BCUT2D eigenvalue weighted by Gasteiger charge is 2.25. The van der Waals surface area contributed by atoms with E-state index in [4.69, 9.17) is 16.2 Å². The van der Waals surface area contributed by atoms with Gasteiger partial charge in [0.05, 0.1) is 6.10 Å². The SMILES string of the molecule is NC1=CC(N)CC(OC2CC2)=C1. The van der Waals surface area contributed by atoms with Crippen molar-refractivity contribution < 1.29 is 4.74 Å². The van der Waals surface area contributed by atoms with Gasteiger partial charge < -0.3 is 16.2 Å². The normalized spacial score (nSPS) is 29.2. The molecule has 66 valence electrons. The minimum absolute atomic E-state index is 0.0312. The van der Waals surface area contributed by atoms with E-state index in [-0.39, 0.29) is 6.04 Å². The third kappa shape index (κ3) is 1.80. The fourth-order valence-corrected chi connectivity index (χ4v) is 1.31. The monoisotopic (exact) mass is 166 g/mol. The van der Waals surface area contributed by atoms with Crippen molar-refractivity contribution >= 4 is 0 Å². The van der Waals surface area contributed by atoms with Crippen molar-refractivity contribution in [2.24, 2.45) is 11.5 Å². The van der Waals surface area contributed by atoms with Crippen LogP contribution in [0.5, 0.6) is 0 Å². The number of hydrogen-bond donors (Lipinski definition) is 2. The molecule has 1 saturated carbocycles. The summed E-state index contributed by atoms with van der Waals surface area (Å²) in [5, 5.41) is 0. The van der Waals surface area contributed by atoms with Gasteiger partial charge in [-0.2, -0.15) is 0 Å². The Bertz CT molecular complexity index is 241. The Morgan fingerprint density at radius 2 is 2.17 bits per heavy atom. The summed E-state index contributed by atoms with van der Waals surface area (Å²) in [6.45, 7) is 0. The van der Waals surface area contributed by atoms with Crippen LogP contribution in [0.4, 0.5) is 0 Å². The molecule has 0 aromatic rings. The molecule has 2 rings (SSSR count). The van der Waals surface area contributed by atoms with Crippen molar-refractivity contribution in [3.8, 4) is 0 Å². The second-order valence-electron chi connectivity index (χ2n) is 3.46. The number of ether oxygens (including phenoxy) is 1. The molecular weight excluding hydrogens is 152 g/mol. The van der Waals surface area contributed by atoms with Crippen molar-refractivity contribution in [3.63, 3.8) is 0 Å². The van der Waals surface area contributed by atoms with Gasteiger partial charge in [0.2, 0.25) is 0 Å². The number of nitrogens with two attached hydrogens (primary N) is 2. The Morgan fingerprint density at radius 1 is 1.42 bits per heavy atom. The van der Waals surface area contributed by atoms with Gasteiger partial charge in [-0.25, -0.2) is 0 Å². The van der Waals surface area contributed by atoms with Crippen LogP contribution in [-0.4, -0.2) is 12.1 Å². The highest BCUT2D eigenvalue weighted by Crippen LogP contribution is 2.28. The van der Waals surface area contributed by atoms with Gasteiger partial charge in [-0.3, -0.25) is 0 Å². The van der Waals surface area contributed by atoms with Gasteiger partial charge in [0.25, 0.3) is 0 Å². The molecule has 0 spiro atoms. The van der Waals surface area contributed by atoms with Gasteiger partial charge in [-0.1, -0.05) is 0 Å². The van der Waals surface area contributed by atoms with E-state index in [0.717, 1.165) is 17.9 Å². The first-order valence-corrected chi connectivity index (χ1v) is 4.34. The predicted octanol–water partition coefficient (Wildman–Crippen LogP) is 0.623. The molecule has 1 unspecified atom stereocenters. The van der Waals surface area contributed by atoms with Crippen molar-refractivity contribution in [2.75, 3.05) is 0 Å². The number of hydrogen-bond acceptors (Lipinski definition) is 3. The summed E-state index contributed by atoms with van der Waals surface area (Å²) in [7, 11) is 0. The molecule has 0 aromatic heterocycles. The topological polar surface area (TPSA) is 61.3 Å². The van der Waals surface area contributed by atoms with Crippen LogP contribution in [0.3, 0.4) is 0 Å². The third-order valence-electron chi connectivity index (χ3n) is 2.01. The first-order chi connectivity index (χ1) is 5.74. The van der Waals surface area contributed by atoms with E-state index in [2.05, 4.69) is 0 Å². The molecule has 0 heterocycles. The molecule has 12 heavy (non-hydrogen) atoms.